The van der Waals surface area contributed by atoms with Gasteiger partial charge in [-0.1, -0.05) is 13.0 Å². The Kier molecular flexibility index (Phi) is 4.32. The minimum Gasteiger partial charge on any atom is -0.305 e. The molecule has 0 spiro atoms. The number of nitrogens with zero attached hydrogens (tertiary/aromatic N) is 2. The maximum Gasteiger partial charge on any atom is 0.419 e. The van der Waals surface area contributed by atoms with E-state index >= 15 is 0 Å². The predicted octanol–water partition coefficient (Wildman–Crippen LogP) is 3.28. The average molecular weight is 301 g/mol. The first-order chi connectivity index (χ1) is 9.82. The minimum absolute atomic E-state index is 0.404. The molecule has 2 aromatic rings. The molecule has 1 aromatic heterocycles. The van der Waals surface area contributed by atoms with Crippen LogP contribution < -0.4 is 5.32 Å². The summed E-state index contributed by atoms with van der Waals surface area (Å²) in [4.78, 5) is 0. The Morgan fingerprint density at radius 2 is 2.00 bits per heavy atom. The number of rotatable bonds is 4. The van der Waals surface area contributed by atoms with Gasteiger partial charge in [0.25, 0.3) is 0 Å². The third kappa shape index (κ3) is 3.41. The summed E-state index contributed by atoms with van der Waals surface area (Å²) in [6, 6.07) is 4.23. The van der Waals surface area contributed by atoms with Crippen molar-refractivity contribution in [3.8, 4) is 0 Å². The van der Waals surface area contributed by atoms with Gasteiger partial charge in [0.05, 0.1) is 17.3 Å². The first kappa shape index (κ1) is 15.5. The van der Waals surface area contributed by atoms with Gasteiger partial charge in [-0.25, -0.2) is 4.39 Å². The molecular formula is C14H15F4N3. The molecule has 1 unspecified atom stereocenters. The zero-order valence-electron chi connectivity index (χ0n) is 11.6. The quantitative estimate of drug-likeness (QED) is 0.878. The maximum atomic E-state index is 13.7. The lowest BCUT2D eigenvalue weighted by Crippen LogP contribution is -2.23. The van der Waals surface area contributed by atoms with Gasteiger partial charge in [0.2, 0.25) is 0 Å². The standard InChI is InChI=1S/C14H15F4N3/c1-3-19-13(12-6-7-21(2)20-12)9-4-5-10(11(15)8-9)14(16,17)18/h4-8,13,19H,3H2,1-2H3. The van der Waals surface area contributed by atoms with Gasteiger partial charge in [0, 0.05) is 13.2 Å². The van der Waals surface area contributed by atoms with Crippen molar-refractivity contribution < 1.29 is 17.6 Å². The van der Waals surface area contributed by atoms with Crippen LogP contribution in [-0.4, -0.2) is 16.3 Å². The molecule has 0 saturated heterocycles. The van der Waals surface area contributed by atoms with Crippen molar-refractivity contribution in [1.29, 1.82) is 0 Å². The van der Waals surface area contributed by atoms with Crippen molar-refractivity contribution >= 4 is 0 Å². The van der Waals surface area contributed by atoms with Gasteiger partial charge in [0.1, 0.15) is 5.82 Å². The van der Waals surface area contributed by atoms with E-state index in [4.69, 9.17) is 0 Å². The summed E-state index contributed by atoms with van der Waals surface area (Å²) in [6.07, 6.45) is -2.97. The molecule has 3 nitrogen and oxygen atoms in total. The molecule has 0 aliphatic heterocycles. The van der Waals surface area contributed by atoms with Gasteiger partial charge in [-0.15, -0.1) is 0 Å². The number of aromatic nitrogens is 2. The molecule has 0 aliphatic carbocycles. The normalized spacial score (nSPS) is 13.4. The van der Waals surface area contributed by atoms with E-state index in [9.17, 15) is 17.6 Å². The molecule has 1 atom stereocenters. The number of benzene rings is 1. The SMILES string of the molecule is CCNC(c1ccc(C(F)(F)F)c(F)c1)c1ccn(C)n1. The number of nitrogens with one attached hydrogen (secondary N) is 1. The average Bonchev–Trinajstić information content (AvgIpc) is 2.80. The predicted molar refractivity (Wildman–Crippen MR) is 70.1 cm³/mol. The molecule has 2 rings (SSSR count). The number of hydrogen-bond donors (Lipinski definition) is 1. The Morgan fingerprint density at radius 3 is 2.48 bits per heavy atom. The summed E-state index contributed by atoms with van der Waals surface area (Å²) in [6.45, 7) is 2.43. The molecule has 7 heteroatoms. The van der Waals surface area contributed by atoms with Crippen LogP contribution in [-0.2, 0) is 13.2 Å². The molecule has 0 aliphatic rings. The second-order valence-corrected chi connectivity index (χ2v) is 4.64. The van der Waals surface area contributed by atoms with Gasteiger partial charge < -0.3 is 5.32 Å². The number of aryl methyl sites for hydroxylation is 1. The van der Waals surface area contributed by atoms with E-state index in [1.165, 1.54) is 6.07 Å². The highest BCUT2D eigenvalue weighted by Gasteiger charge is 2.34. The lowest BCUT2D eigenvalue weighted by Gasteiger charge is -2.17. The van der Waals surface area contributed by atoms with Crippen molar-refractivity contribution in [1.82, 2.24) is 15.1 Å². The molecule has 0 radical (unpaired) electrons. The lowest BCUT2D eigenvalue weighted by molar-refractivity contribution is -0.140. The fourth-order valence-electron chi connectivity index (χ4n) is 2.13. The number of halogens is 4. The zero-order chi connectivity index (χ0) is 15.6. The topological polar surface area (TPSA) is 29.9 Å². The van der Waals surface area contributed by atoms with Crippen LogP contribution in [0.3, 0.4) is 0 Å². The minimum atomic E-state index is -4.69. The summed E-state index contributed by atoms with van der Waals surface area (Å²) in [5, 5.41) is 7.31. The molecule has 114 valence electrons. The monoisotopic (exact) mass is 301 g/mol. The highest BCUT2D eigenvalue weighted by Crippen LogP contribution is 2.33. The fraction of sp³-hybridized carbons (Fsp3) is 0.357. The van der Waals surface area contributed by atoms with Crippen LogP contribution in [0.15, 0.2) is 30.5 Å². The van der Waals surface area contributed by atoms with Crippen molar-refractivity contribution in [2.45, 2.75) is 19.1 Å². The fourth-order valence-corrected chi connectivity index (χ4v) is 2.13. The Hall–Kier alpha value is -1.89. The number of alkyl halides is 3. The van der Waals surface area contributed by atoms with Crippen LogP contribution in [0.4, 0.5) is 17.6 Å². The van der Waals surface area contributed by atoms with Crippen molar-refractivity contribution in [2.75, 3.05) is 6.54 Å². The first-order valence-electron chi connectivity index (χ1n) is 6.42. The van der Waals surface area contributed by atoms with E-state index in [0.29, 0.717) is 17.8 Å². The molecule has 1 heterocycles. The van der Waals surface area contributed by atoms with Gasteiger partial charge in [-0.3, -0.25) is 4.68 Å². The van der Waals surface area contributed by atoms with Crippen molar-refractivity contribution in [2.24, 2.45) is 7.05 Å². The van der Waals surface area contributed by atoms with E-state index in [0.717, 1.165) is 12.1 Å². The third-order valence-electron chi connectivity index (χ3n) is 3.07. The number of hydrogen-bond acceptors (Lipinski definition) is 2. The second-order valence-electron chi connectivity index (χ2n) is 4.64. The van der Waals surface area contributed by atoms with E-state index in [1.807, 2.05) is 6.92 Å². The molecule has 1 N–H and O–H groups in total. The summed E-state index contributed by atoms with van der Waals surface area (Å²) < 4.78 is 53.0. The Balaban J connectivity index is 2.40. The van der Waals surface area contributed by atoms with Gasteiger partial charge in [-0.05, 0) is 30.3 Å². The molecule has 0 saturated carbocycles. The Bertz CT molecular complexity index is 619. The van der Waals surface area contributed by atoms with Crippen LogP contribution >= 0.6 is 0 Å². The molecule has 1 aromatic carbocycles. The van der Waals surface area contributed by atoms with Crippen LogP contribution in [0.5, 0.6) is 0 Å². The Morgan fingerprint density at radius 1 is 1.29 bits per heavy atom. The molecular weight excluding hydrogens is 286 g/mol. The van der Waals surface area contributed by atoms with Gasteiger partial charge in [0.15, 0.2) is 0 Å². The van der Waals surface area contributed by atoms with Crippen LogP contribution in [0.25, 0.3) is 0 Å². The third-order valence-corrected chi connectivity index (χ3v) is 3.07. The first-order valence-corrected chi connectivity index (χ1v) is 6.42. The highest BCUT2D eigenvalue weighted by molar-refractivity contribution is 5.32. The largest absolute Gasteiger partial charge is 0.419 e. The van der Waals surface area contributed by atoms with Crippen LogP contribution in [0.2, 0.25) is 0 Å². The zero-order valence-corrected chi connectivity index (χ0v) is 11.6. The van der Waals surface area contributed by atoms with E-state index in [-0.39, 0.29) is 0 Å². The van der Waals surface area contributed by atoms with Crippen molar-refractivity contribution in [3.63, 3.8) is 0 Å². The molecule has 0 bridgehead atoms. The van der Waals surface area contributed by atoms with E-state index in [1.54, 1.807) is 24.0 Å². The summed E-state index contributed by atoms with van der Waals surface area (Å²) in [5.41, 5.74) is -0.234. The maximum absolute atomic E-state index is 13.7. The van der Waals surface area contributed by atoms with E-state index < -0.39 is 23.6 Å². The van der Waals surface area contributed by atoms with Crippen molar-refractivity contribution in [3.05, 3.63) is 53.1 Å². The summed E-state index contributed by atoms with van der Waals surface area (Å²) in [7, 11) is 1.74. The Labute approximate surface area is 119 Å². The smallest absolute Gasteiger partial charge is 0.305 e. The molecule has 0 fully saturated rings. The molecule has 0 amide bonds. The summed E-state index contributed by atoms with van der Waals surface area (Å²) in [5.74, 6) is -1.28. The second kappa shape index (κ2) is 5.85. The van der Waals surface area contributed by atoms with E-state index in [2.05, 4.69) is 10.4 Å². The highest BCUT2D eigenvalue weighted by atomic mass is 19.4. The lowest BCUT2D eigenvalue weighted by atomic mass is 10.0. The van der Waals surface area contributed by atoms with Crippen LogP contribution in [0, 0.1) is 5.82 Å². The van der Waals surface area contributed by atoms with Gasteiger partial charge >= 0.3 is 6.18 Å². The molecule has 21 heavy (non-hydrogen) atoms. The summed E-state index contributed by atoms with van der Waals surface area (Å²) >= 11 is 0. The van der Waals surface area contributed by atoms with Gasteiger partial charge in [-0.2, -0.15) is 18.3 Å². The van der Waals surface area contributed by atoms with Crippen LogP contribution in [0.1, 0.15) is 29.8 Å².